The Hall–Kier alpha value is -3.79. The highest BCUT2D eigenvalue weighted by Crippen LogP contribution is 2.30. The Kier molecular flexibility index (Phi) is 6.09. The van der Waals surface area contributed by atoms with Crippen molar-refractivity contribution in [2.45, 2.75) is 39.3 Å². The molecule has 2 aromatic heterocycles. The number of urea groups is 1. The Bertz CT molecular complexity index is 1280. The molecular formula is C24H24N4O5S. The van der Waals surface area contributed by atoms with Gasteiger partial charge in [-0.05, 0) is 62.4 Å². The number of thiophene rings is 1. The summed E-state index contributed by atoms with van der Waals surface area (Å²) in [5.74, 6) is -0.905. The van der Waals surface area contributed by atoms with E-state index in [9.17, 15) is 24.5 Å². The van der Waals surface area contributed by atoms with Gasteiger partial charge in [-0.15, -0.1) is 11.3 Å². The summed E-state index contributed by atoms with van der Waals surface area (Å²) in [6.45, 7) is 5.66. The molecule has 0 spiro atoms. The Morgan fingerprint density at radius 2 is 1.88 bits per heavy atom. The molecule has 4 rings (SSSR count). The van der Waals surface area contributed by atoms with Crippen molar-refractivity contribution in [2.24, 2.45) is 0 Å². The number of nitrogens with zero attached hydrogens (tertiary/aromatic N) is 3. The summed E-state index contributed by atoms with van der Waals surface area (Å²) >= 11 is 1.69. The predicted octanol–water partition coefficient (Wildman–Crippen LogP) is 3.97. The van der Waals surface area contributed by atoms with Gasteiger partial charge in [0.2, 0.25) is 0 Å². The Morgan fingerprint density at radius 1 is 1.18 bits per heavy atom. The van der Waals surface area contributed by atoms with Crippen molar-refractivity contribution in [3.05, 3.63) is 85.4 Å². The zero-order chi connectivity index (χ0) is 24.6. The number of amides is 3. The number of nitro groups is 1. The van der Waals surface area contributed by atoms with Gasteiger partial charge in [0.1, 0.15) is 5.54 Å². The molecule has 1 fully saturated rings. The summed E-state index contributed by atoms with van der Waals surface area (Å²) in [5, 5.41) is 15.6. The first-order valence-corrected chi connectivity index (χ1v) is 11.6. The second kappa shape index (κ2) is 8.86. The fourth-order valence-electron chi connectivity index (χ4n) is 4.29. The Balaban J connectivity index is 1.51. The third kappa shape index (κ3) is 4.12. The largest absolute Gasteiger partial charge is 0.348 e. The van der Waals surface area contributed by atoms with E-state index in [1.54, 1.807) is 17.4 Å². The number of hydrogen-bond acceptors (Lipinski definition) is 6. The molecule has 0 saturated carbocycles. The van der Waals surface area contributed by atoms with Crippen molar-refractivity contribution in [1.29, 1.82) is 0 Å². The van der Waals surface area contributed by atoms with E-state index in [2.05, 4.69) is 16.0 Å². The first-order valence-electron chi connectivity index (χ1n) is 10.7. The molecule has 1 N–H and O–H groups in total. The Labute approximate surface area is 200 Å². The molecule has 3 heterocycles. The highest BCUT2D eigenvalue weighted by atomic mass is 32.1. The van der Waals surface area contributed by atoms with Gasteiger partial charge >= 0.3 is 6.03 Å². The molecule has 1 aliphatic rings. The van der Waals surface area contributed by atoms with E-state index in [1.807, 2.05) is 25.3 Å². The molecule has 0 radical (unpaired) electrons. The molecule has 176 valence electrons. The number of Topliss-reactive ketones (excluding diaryl/α,β-unsaturated/α-hetero) is 1. The molecule has 3 amide bonds. The smallest absolute Gasteiger partial charge is 0.325 e. The summed E-state index contributed by atoms with van der Waals surface area (Å²) in [7, 11) is 0. The molecular weight excluding hydrogens is 456 g/mol. The molecule has 1 atom stereocenters. The van der Waals surface area contributed by atoms with Crippen LogP contribution in [0, 0.1) is 24.0 Å². The van der Waals surface area contributed by atoms with E-state index in [-0.39, 0.29) is 18.0 Å². The van der Waals surface area contributed by atoms with Gasteiger partial charge in [-0.1, -0.05) is 6.07 Å². The predicted molar refractivity (Wildman–Crippen MR) is 127 cm³/mol. The molecule has 9 nitrogen and oxygen atoms in total. The number of carbonyl (C=O) groups is 3. The van der Waals surface area contributed by atoms with Crippen molar-refractivity contribution < 1.29 is 19.3 Å². The second-order valence-corrected chi connectivity index (χ2v) is 9.47. The molecule has 10 heteroatoms. The van der Waals surface area contributed by atoms with E-state index >= 15 is 0 Å². The lowest BCUT2D eigenvalue weighted by atomic mass is 9.92. The van der Waals surface area contributed by atoms with E-state index in [4.69, 9.17) is 0 Å². The van der Waals surface area contributed by atoms with Crippen LogP contribution in [0.5, 0.6) is 0 Å². The van der Waals surface area contributed by atoms with Gasteiger partial charge in [0.15, 0.2) is 5.78 Å². The maximum atomic E-state index is 13.2. The molecule has 0 bridgehead atoms. The fourth-order valence-corrected chi connectivity index (χ4v) is 4.98. The molecule has 34 heavy (non-hydrogen) atoms. The van der Waals surface area contributed by atoms with Gasteiger partial charge in [-0.25, -0.2) is 4.79 Å². The second-order valence-electron chi connectivity index (χ2n) is 8.44. The van der Waals surface area contributed by atoms with Crippen molar-refractivity contribution in [2.75, 3.05) is 6.54 Å². The quantitative estimate of drug-likeness (QED) is 0.227. The van der Waals surface area contributed by atoms with Gasteiger partial charge in [0.25, 0.3) is 11.6 Å². The van der Waals surface area contributed by atoms with Crippen LogP contribution in [0.4, 0.5) is 10.5 Å². The van der Waals surface area contributed by atoms with Crippen molar-refractivity contribution >= 4 is 34.7 Å². The van der Waals surface area contributed by atoms with Crippen LogP contribution in [-0.4, -0.2) is 38.7 Å². The van der Waals surface area contributed by atoms with Crippen LogP contribution in [0.15, 0.2) is 47.8 Å². The average molecular weight is 481 g/mol. The van der Waals surface area contributed by atoms with Crippen LogP contribution < -0.4 is 5.32 Å². The summed E-state index contributed by atoms with van der Waals surface area (Å²) in [5.41, 5.74) is 1.08. The zero-order valence-electron chi connectivity index (χ0n) is 19.0. The van der Waals surface area contributed by atoms with Gasteiger partial charge in [0.05, 0.1) is 11.5 Å². The molecule has 1 saturated heterocycles. The number of ketones is 1. The maximum Gasteiger partial charge on any atom is 0.325 e. The molecule has 3 aromatic rings. The number of non-ortho nitro benzene ring substituents is 1. The van der Waals surface area contributed by atoms with Crippen molar-refractivity contribution in [1.82, 2.24) is 14.8 Å². The highest BCUT2D eigenvalue weighted by molar-refractivity contribution is 7.09. The number of nitrogens with one attached hydrogen (secondary N) is 1. The van der Waals surface area contributed by atoms with Gasteiger partial charge in [-0.2, -0.15) is 0 Å². The third-order valence-corrected chi connectivity index (χ3v) is 7.20. The number of aromatic nitrogens is 1. The lowest BCUT2D eigenvalue weighted by Gasteiger charge is -2.22. The van der Waals surface area contributed by atoms with Gasteiger partial charge in [-0.3, -0.25) is 24.6 Å². The van der Waals surface area contributed by atoms with Crippen LogP contribution in [0.2, 0.25) is 0 Å². The minimum absolute atomic E-state index is 0.120. The lowest BCUT2D eigenvalue weighted by molar-refractivity contribution is -0.384. The summed E-state index contributed by atoms with van der Waals surface area (Å²) in [4.78, 5) is 51.5. The van der Waals surface area contributed by atoms with Gasteiger partial charge < -0.3 is 9.88 Å². The lowest BCUT2D eigenvalue weighted by Crippen LogP contribution is -2.41. The van der Waals surface area contributed by atoms with Crippen LogP contribution in [0.25, 0.3) is 0 Å². The first kappa shape index (κ1) is 23.4. The van der Waals surface area contributed by atoms with Gasteiger partial charge in [0, 0.05) is 40.5 Å². The van der Waals surface area contributed by atoms with E-state index in [0.717, 1.165) is 29.3 Å². The molecule has 1 aromatic carbocycles. The minimum Gasteiger partial charge on any atom is -0.348 e. The van der Waals surface area contributed by atoms with E-state index < -0.39 is 22.4 Å². The van der Waals surface area contributed by atoms with E-state index in [1.165, 1.54) is 36.1 Å². The van der Waals surface area contributed by atoms with Crippen LogP contribution in [0.3, 0.4) is 0 Å². The summed E-state index contributed by atoms with van der Waals surface area (Å²) in [6.07, 6.45) is 0.849. The number of benzene rings is 1. The number of hydrogen-bond donors (Lipinski definition) is 1. The number of aryl methyl sites for hydroxylation is 2. The topological polar surface area (TPSA) is 115 Å². The maximum absolute atomic E-state index is 13.2. The average Bonchev–Trinajstić information content (AvgIpc) is 3.48. The van der Waals surface area contributed by atoms with Crippen LogP contribution >= 0.6 is 11.3 Å². The Morgan fingerprint density at radius 3 is 2.50 bits per heavy atom. The van der Waals surface area contributed by atoms with Crippen LogP contribution in [0.1, 0.15) is 39.1 Å². The third-order valence-electron chi connectivity index (χ3n) is 6.27. The monoisotopic (exact) mass is 480 g/mol. The number of carbonyl (C=O) groups excluding carboxylic acids is 3. The van der Waals surface area contributed by atoms with Crippen molar-refractivity contribution in [3.8, 4) is 0 Å². The molecule has 1 aliphatic heterocycles. The first-order chi connectivity index (χ1) is 16.1. The fraction of sp³-hybridized carbons (Fsp3) is 0.292. The van der Waals surface area contributed by atoms with Crippen molar-refractivity contribution in [3.63, 3.8) is 0 Å². The minimum atomic E-state index is -1.41. The zero-order valence-corrected chi connectivity index (χ0v) is 19.8. The van der Waals surface area contributed by atoms with E-state index in [0.29, 0.717) is 11.1 Å². The normalized spacial score (nSPS) is 17.8. The standard InChI is InChI=1S/C24H24N4O5S/c1-15-13-20(16(2)26(15)11-10-19-5-4-12-34-19)21(29)14-27-22(30)24(3,25-23(27)31)17-6-8-18(9-7-17)28(32)33/h4-9,12-13H,10-11,14H2,1-3H3,(H,25,31). The summed E-state index contributed by atoms with van der Waals surface area (Å²) in [6, 6.07) is 10.6. The molecule has 0 aliphatic carbocycles. The highest BCUT2D eigenvalue weighted by Gasteiger charge is 2.49. The number of imide groups is 1. The summed E-state index contributed by atoms with van der Waals surface area (Å²) < 4.78 is 2.07. The number of rotatable bonds is 8. The molecule has 1 unspecified atom stereocenters. The SMILES string of the molecule is Cc1cc(C(=O)CN2C(=O)NC(C)(c3ccc([N+](=O)[O-])cc3)C2=O)c(C)n1CCc1cccs1. The number of nitro benzene ring substituents is 1. The van der Waals surface area contributed by atoms with Crippen LogP contribution in [-0.2, 0) is 23.3 Å².